The molecular formula is C16H13F3O. The molecule has 0 unspecified atom stereocenters. The largest absolute Gasteiger partial charge is 0.493 e. The summed E-state index contributed by atoms with van der Waals surface area (Å²) in [6, 6.07) is 13.1. The Balaban J connectivity index is 1.81. The monoisotopic (exact) mass is 278 g/mol. The molecule has 20 heavy (non-hydrogen) atoms. The zero-order chi connectivity index (χ0) is 14.2. The number of rotatable bonds is 1. The summed E-state index contributed by atoms with van der Waals surface area (Å²) in [5, 5.41) is 0. The number of halogens is 3. The number of hydrogen-bond acceptors (Lipinski definition) is 1. The smallest absolute Gasteiger partial charge is 0.416 e. The first kappa shape index (κ1) is 13.0. The minimum atomic E-state index is -4.28. The summed E-state index contributed by atoms with van der Waals surface area (Å²) in [4.78, 5) is 0. The van der Waals surface area contributed by atoms with E-state index in [0.29, 0.717) is 6.61 Å². The van der Waals surface area contributed by atoms with Crippen molar-refractivity contribution >= 4 is 0 Å². The minimum absolute atomic E-state index is 0.104. The number of fused-ring (bicyclic) bond motifs is 1. The van der Waals surface area contributed by atoms with Crippen LogP contribution >= 0.6 is 0 Å². The number of para-hydroxylation sites is 1. The van der Waals surface area contributed by atoms with Gasteiger partial charge in [-0.3, -0.25) is 0 Å². The van der Waals surface area contributed by atoms with Gasteiger partial charge in [0.05, 0.1) is 12.2 Å². The number of ether oxygens (including phenoxy) is 1. The van der Waals surface area contributed by atoms with Crippen molar-refractivity contribution < 1.29 is 17.9 Å². The third-order valence-electron chi connectivity index (χ3n) is 3.59. The van der Waals surface area contributed by atoms with Crippen molar-refractivity contribution in [2.75, 3.05) is 6.61 Å². The zero-order valence-electron chi connectivity index (χ0n) is 10.7. The number of hydrogen-bond donors (Lipinski definition) is 0. The van der Waals surface area contributed by atoms with Crippen LogP contribution in [0.4, 0.5) is 13.2 Å². The van der Waals surface area contributed by atoms with E-state index in [1.165, 1.54) is 0 Å². The zero-order valence-corrected chi connectivity index (χ0v) is 10.7. The molecule has 0 spiro atoms. The third-order valence-corrected chi connectivity index (χ3v) is 3.59. The van der Waals surface area contributed by atoms with Crippen molar-refractivity contribution in [1.29, 1.82) is 0 Å². The Morgan fingerprint density at radius 2 is 1.65 bits per heavy atom. The van der Waals surface area contributed by atoms with Crippen LogP contribution in [0.15, 0.2) is 48.5 Å². The Kier molecular flexibility index (Phi) is 3.16. The fourth-order valence-corrected chi connectivity index (χ4v) is 2.49. The lowest BCUT2D eigenvalue weighted by Gasteiger charge is -2.25. The lowest BCUT2D eigenvalue weighted by molar-refractivity contribution is -0.137. The average Bonchev–Trinajstić information content (AvgIpc) is 2.46. The van der Waals surface area contributed by atoms with Crippen LogP contribution in [-0.4, -0.2) is 6.61 Å². The highest BCUT2D eigenvalue weighted by Gasteiger charge is 2.30. The highest BCUT2D eigenvalue weighted by atomic mass is 19.4. The first-order valence-corrected chi connectivity index (χ1v) is 6.42. The molecule has 0 fully saturated rings. The Morgan fingerprint density at radius 3 is 2.35 bits per heavy atom. The van der Waals surface area contributed by atoms with E-state index >= 15 is 0 Å². The molecule has 0 saturated heterocycles. The Labute approximate surface area is 115 Å². The molecule has 1 heterocycles. The van der Waals surface area contributed by atoms with E-state index in [-0.39, 0.29) is 5.92 Å². The predicted octanol–water partition coefficient (Wildman–Crippen LogP) is 4.42. The molecule has 0 radical (unpaired) electrons. The standard InChI is InChI=1S/C16H13F3O/c17-16(18,19)14-7-5-11(6-8-14)13-9-12-3-1-2-4-15(12)20-10-13/h1-8,13H,9-10H2/t13-/m1/s1. The normalized spacial score (nSPS) is 18.2. The van der Waals surface area contributed by atoms with Crippen molar-refractivity contribution in [3.05, 3.63) is 65.2 Å². The Bertz CT molecular complexity index is 602. The highest BCUT2D eigenvalue weighted by molar-refractivity contribution is 5.38. The van der Waals surface area contributed by atoms with Crippen LogP contribution in [0.2, 0.25) is 0 Å². The van der Waals surface area contributed by atoms with Crippen molar-refractivity contribution in [2.24, 2.45) is 0 Å². The van der Waals surface area contributed by atoms with Crippen LogP contribution < -0.4 is 4.74 Å². The van der Waals surface area contributed by atoms with Crippen molar-refractivity contribution in [3.63, 3.8) is 0 Å². The highest BCUT2D eigenvalue weighted by Crippen LogP contribution is 2.34. The molecule has 1 nitrogen and oxygen atoms in total. The second-order valence-corrected chi connectivity index (χ2v) is 4.94. The van der Waals surface area contributed by atoms with Gasteiger partial charge >= 0.3 is 6.18 Å². The van der Waals surface area contributed by atoms with Crippen molar-refractivity contribution in [1.82, 2.24) is 0 Å². The van der Waals surface area contributed by atoms with Crippen LogP contribution in [-0.2, 0) is 12.6 Å². The molecule has 1 aliphatic heterocycles. The maximum Gasteiger partial charge on any atom is 0.416 e. The summed E-state index contributed by atoms with van der Waals surface area (Å²) in [7, 11) is 0. The lowest BCUT2D eigenvalue weighted by Crippen LogP contribution is -2.19. The number of benzene rings is 2. The Hall–Kier alpha value is -1.97. The molecule has 2 aromatic carbocycles. The van der Waals surface area contributed by atoms with Crippen LogP contribution in [0.1, 0.15) is 22.6 Å². The molecule has 2 aromatic rings. The van der Waals surface area contributed by atoms with Crippen LogP contribution in [0.5, 0.6) is 5.75 Å². The molecule has 0 saturated carbocycles. The van der Waals surface area contributed by atoms with Gasteiger partial charge in [0.15, 0.2) is 0 Å². The molecule has 4 heteroatoms. The molecule has 0 aliphatic carbocycles. The first-order chi connectivity index (χ1) is 9.54. The summed E-state index contributed by atoms with van der Waals surface area (Å²) in [5.74, 6) is 0.975. The summed E-state index contributed by atoms with van der Waals surface area (Å²) in [5.41, 5.74) is 1.37. The fraction of sp³-hybridized carbons (Fsp3) is 0.250. The summed E-state index contributed by atoms with van der Waals surface area (Å²) in [6.07, 6.45) is -3.49. The van der Waals surface area contributed by atoms with E-state index < -0.39 is 11.7 Å². The Morgan fingerprint density at radius 1 is 0.950 bits per heavy atom. The van der Waals surface area contributed by atoms with Crippen LogP contribution in [0.3, 0.4) is 0 Å². The molecule has 0 amide bonds. The van der Waals surface area contributed by atoms with E-state index in [1.54, 1.807) is 12.1 Å². The molecule has 3 rings (SSSR count). The van der Waals surface area contributed by atoms with Gasteiger partial charge in [-0.2, -0.15) is 13.2 Å². The predicted molar refractivity (Wildman–Crippen MR) is 69.8 cm³/mol. The number of alkyl halides is 3. The average molecular weight is 278 g/mol. The van der Waals surface area contributed by atoms with Gasteiger partial charge in [-0.25, -0.2) is 0 Å². The van der Waals surface area contributed by atoms with Gasteiger partial charge in [-0.1, -0.05) is 30.3 Å². The van der Waals surface area contributed by atoms with E-state index in [2.05, 4.69) is 0 Å². The van der Waals surface area contributed by atoms with Gasteiger partial charge < -0.3 is 4.74 Å². The van der Waals surface area contributed by atoms with Gasteiger partial charge in [0.1, 0.15) is 5.75 Å². The molecule has 1 atom stereocenters. The van der Waals surface area contributed by atoms with Crippen molar-refractivity contribution in [3.8, 4) is 5.75 Å². The molecule has 0 bridgehead atoms. The summed E-state index contributed by atoms with van der Waals surface area (Å²) in [6.45, 7) is 0.502. The SMILES string of the molecule is FC(F)(F)c1ccc([C@H]2COc3ccccc3C2)cc1. The third kappa shape index (κ3) is 2.50. The maximum absolute atomic E-state index is 12.5. The molecule has 0 aromatic heterocycles. The fourth-order valence-electron chi connectivity index (χ4n) is 2.49. The summed E-state index contributed by atoms with van der Waals surface area (Å²) >= 11 is 0. The van der Waals surface area contributed by atoms with Crippen molar-refractivity contribution in [2.45, 2.75) is 18.5 Å². The van der Waals surface area contributed by atoms with E-state index in [0.717, 1.165) is 35.4 Å². The maximum atomic E-state index is 12.5. The minimum Gasteiger partial charge on any atom is -0.493 e. The molecular weight excluding hydrogens is 265 g/mol. The molecule has 0 N–H and O–H groups in total. The van der Waals surface area contributed by atoms with Crippen LogP contribution in [0.25, 0.3) is 0 Å². The topological polar surface area (TPSA) is 9.23 Å². The molecule has 1 aliphatic rings. The van der Waals surface area contributed by atoms with Gasteiger partial charge in [-0.05, 0) is 35.7 Å². The van der Waals surface area contributed by atoms with E-state index in [9.17, 15) is 13.2 Å². The van der Waals surface area contributed by atoms with E-state index in [4.69, 9.17) is 4.74 Å². The first-order valence-electron chi connectivity index (χ1n) is 6.42. The van der Waals surface area contributed by atoms with Gasteiger partial charge in [-0.15, -0.1) is 0 Å². The van der Waals surface area contributed by atoms with E-state index in [1.807, 2.05) is 24.3 Å². The van der Waals surface area contributed by atoms with Gasteiger partial charge in [0.2, 0.25) is 0 Å². The van der Waals surface area contributed by atoms with Crippen LogP contribution in [0, 0.1) is 0 Å². The quantitative estimate of drug-likeness (QED) is 0.750. The van der Waals surface area contributed by atoms with Gasteiger partial charge in [0.25, 0.3) is 0 Å². The summed E-state index contributed by atoms with van der Waals surface area (Å²) < 4.78 is 43.3. The second kappa shape index (κ2) is 4.85. The lowest BCUT2D eigenvalue weighted by atomic mass is 9.90. The molecule has 104 valence electrons. The second-order valence-electron chi connectivity index (χ2n) is 4.94. The van der Waals surface area contributed by atoms with Gasteiger partial charge in [0, 0.05) is 5.92 Å².